The predicted molar refractivity (Wildman–Crippen MR) is 105 cm³/mol. The Morgan fingerprint density at radius 2 is 1.64 bits per heavy atom. The van der Waals surface area contributed by atoms with Gasteiger partial charge in [-0.3, -0.25) is 9.59 Å². The number of hydrogen-bond donors (Lipinski definition) is 1. The number of aromatic nitrogens is 3. The number of nitrogens with one attached hydrogen (secondary N) is 1. The second kappa shape index (κ2) is 8.04. The Bertz CT molecular complexity index is 943. The van der Waals surface area contributed by atoms with Crippen LogP contribution in [-0.4, -0.2) is 51.1 Å². The molecule has 1 aliphatic heterocycles. The molecule has 0 spiro atoms. The van der Waals surface area contributed by atoms with Crippen molar-refractivity contribution in [3.8, 4) is 11.4 Å². The van der Waals surface area contributed by atoms with E-state index in [4.69, 9.17) is 0 Å². The number of hydrogen-bond acceptors (Lipinski definition) is 4. The Kier molecular flexibility index (Phi) is 5.14. The predicted octanol–water partition coefficient (Wildman–Crippen LogP) is 1.76. The van der Waals surface area contributed by atoms with Gasteiger partial charge in [0.2, 0.25) is 5.91 Å². The van der Waals surface area contributed by atoms with E-state index in [9.17, 15) is 9.59 Å². The summed E-state index contributed by atoms with van der Waals surface area (Å²) in [6.07, 6.45) is 0.637. The fourth-order valence-electron chi connectivity index (χ4n) is 3.22. The summed E-state index contributed by atoms with van der Waals surface area (Å²) in [4.78, 5) is 31.0. The van der Waals surface area contributed by atoms with E-state index in [-0.39, 0.29) is 18.4 Å². The maximum Gasteiger partial charge on any atom is 0.251 e. The van der Waals surface area contributed by atoms with Crippen LogP contribution in [-0.2, 0) is 17.8 Å². The third kappa shape index (κ3) is 3.93. The van der Waals surface area contributed by atoms with Gasteiger partial charge < -0.3 is 10.2 Å². The molecule has 0 bridgehead atoms. The van der Waals surface area contributed by atoms with Crippen molar-refractivity contribution in [3.05, 3.63) is 72.1 Å². The number of carbonyl (C=O) groups excluding carboxylic acids is 2. The van der Waals surface area contributed by atoms with Gasteiger partial charge in [-0.2, -0.15) is 5.10 Å². The molecule has 2 amide bonds. The molecule has 0 fully saturated rings. The molecule has 0 aliphatic carbocycles. The first-order valence-electron chi connectivity index (χ1n) is 9.31. The molecule has 0 atom stereocenters. The van der Waals surface area contributed by atoms with Gasteiger partial charge in [-0.05, 0) is 12.1 Å². The molecule has 0 unspecified atom stereocenters. The monoisotopic (exact) mass is 375 g/mol. The highest BCUT2D eigenvalue weighted by Gasteiger charge is 2.21. The minimum absolute atomic E-state index is 0.0151. The minimum Gasteiger partial charge on any atom is -0.343 e. The zero-order valence-electron chi connectivity index (χ0n) is 15.4. The molecule has 0 radical (unpaired) electrons. The summed E-state index contributed by atoms with van der Waals surface area (Å²) >= 11 is 0. The molecule has 7 heteroatoms. The van der Waals surface area contributed by atoms with Gasteiger partial charge in [-0.25, -0.2) is 9.67 Å². The molecule has 3 aromatic rings. The fraction of sp³-hybridized carbons (Fsp3) is 0.238. The third-order valence-electron chi connectivity index (χ3n) is 4.76. The van der Waals surface area contributed by atoms with Crippen molar-refractivity contribution < 1.29 is 9.59 Å². The Morgan fingerprint density at radius 3 is 2.39 bits per heavy atom. The second-order valence-electron chi connectivity index (χ2n) is 6.62. The summed E-state index contributed by atoms with van der Waals surface area (Å²) < 4.78 is 1.87. The Hall–Kier alpha value is -3.48. The van der Waals surface area contributed by atoms with Crippen LogP contribution in [0.5, 0.6) is 0 Å². The number of rotatable bonds is 4. The van der Waals surface area contributed by atoms with Gasteiger partial charge in [0.15, 0.2) is 5.82 Å². The van der Waals surface area contributed by atoms with Gasteiger partial charge in [-0.1, -0.05) is 48.5 Å². The fourth-order valence-corrected chi connectivity index (χ4v) is 3.22. The number of benzene rings is 2. The molecule has 0 saturated heterocycles. The Labute approximate surface area is 163 Å². The van der Waals surface area contributed by atoms with Crippen LogP contribution in [0.15, 0.2) is 60.7 Å². The highest BCUT2D eigenvalue weighted by atomic mass is 16.2. The Balaban J connectivity index is 1.34. The van der Waals surface area contributed by atoms with E-state index in [1.165, 1.54) is 0 Å². The zero-order chi connectivity index (χ0) is 19.3. The summed E-state index contributed by atoms with van der Waals surface area (Å²) in [5.74, 6) is 1.25. The Morgan fingerprint density at radius 1 is 0.929 bits per heavy atom. The van der Waals surface area contributed by atoms with E-state index in [1.54, 1.807) is 29.2 Å². The lowest BCUT2D eigenvalue weighted by Crippen LogP contribution is -2.41. The van der Waals surface area contributed by atoms with E-state index in [0.29, 0.717) is 37.4 Å². The summed E-state index contributed by atoms with van der Waals surface area (Å²) in [5.41, 5.74) is 1.53. The van der Waals surface area contributed by atoms with Gasteiger partial charge in [-0.15, -0.1) is 0 Å². The standard InChI is InChI=1S/C21H21N5O2/c27-19(15-22-21(28)17-9-5-2-6-10-17)25-12-11-18-23-20(24-26(18)14-13-25)16-7-3-1-4-8-16/h1-10H,11-15H2,(H,22,28). The van der Waals surface area contributed by atoms with Crippen LogP contribution in [0.1, 0.15) is 16.2 Å². The third-order valence-corrected chi connectivity index (χ3v) is 4.76. The van der Waals surface area contributed by atoms with E-state index in [0.717, 1.165) is 11.4 Å². The topological polar surface area (TPSA) is 80.1 Å². The second-order valence-corrected chi connectivity index (χ2v) is 6.62. The van der Waals surface area contributed by atoms with Crippen molar-refractivity contribution in [2.24, 2.45) is 0 Å². The minimum atomic E-state index is -0.245. The summed E-state index contributed by atoms with van der Waals surface area (Å²) in [5, 5.41) is 7.28. The normalized spacial score (nSPS) is 13.5. The number of amides is 2. The van der Waals surface area contributed by atoms with Gasteiger partial charge in [0.25, 0.3) is 5.91 Å². The van der Waals surface area contributed by atoms with E-state index in [2.05, 4.69) is 15.4 Å². The van der Waals surface area contributed by atoms with Crippen LogP contribution in [0.25, 0.3) is 11.4 Å². The summed E-state index contributed by atoms with van der Waals surface area (Å²) in [7, 11) is 0. The largest absolute Gasteiger partial charge is 0.343 e. The quantitative estimate of drug-likeness (QED) is 0.754. The van der Waals surface area contributed by atoms with Gasteiger partial charge in [0.05, 0.1) is 13.1 Å². The van der Waals surface area contributed by atoms with E-state index >= 15 is 0 Å². The molecule has 2 aromatic carbocycles. The SMILES string of the molecule is O=C(NCC(=O)N1CCc2nc(-c3ccccc3)nn2CC1)c1ccccc1. The maximum absolute atomic E-state index is 12.5. The molecular weight excluding hydrogens is 354 g/mol. The van der Waals surface area contributed by atoms with Crippen LogP contribution in [0.4, 0.5) is 0 Å². The average Bonchev–Trinajstić information content (AvgIpc) is 3.06. The van der Waals surface area contributed by atoms with Crippen LogP contribution in [0.3, 0.4) is 0 Å². The summed E-state index contributed by atoms with van der Waals surface area (Å²) in [6, 6.07) is 18.7. The zero-order valence-corrected chi connectivity index (χ0v) is 15.4. The van der Waals surface area contributed by atoms with Crippen LogP contribution in [0.2, 0.25) is 0 Å². The van der Waals surface area contributed by atoms with Crippen molar-refractivity contribution in [2.75, 3.05) is 19.6 Å². The number of fused-ring (bicyclic) bond motifs is 1. The first-order chi connectivity index (χ1) is 13.7. The first-order valence-corrected chi connectivity index (χ1v) is 9.31. The maximum atomic E-state index is 12.5. The molecule has 4 rings (SSSR count). The van der Waals surface area contributed by atoms with Crippen LogP contribution in [0, 0.1) is 0 Å². The van der Waals surface area contributed by atoms with Gasteiger partial charge >= 0.3 is 0 Å². The molecule has 2 heterocycles. The first kappa shape index (κ1) is 17.9. The lowest BCUT2D eigenvalue weighted by molar-refractivity contribution is -0.130. The smallest absolute Gasteiger partial charge is 0.251 e. The molecule has 0 saturated carbocycles. The molecule has 7 nitrogen and oxygen atoms in total. The van der Waals surface area contributed by atoms with Crippen molar-refractivity contribution in [2.45, 2.75) is 13.0 Å². The lowest BCUT2D eigenvalue weighted by Gasteiger charge is -2.20. The van der Waals surface area contributed by atoms with Crippen molar-refractivity contribution >= 4 is 11.8 Å². The molecule has 1 N–H and O–H groups in total. The van der Waals surface area contributed by atoms with Crippen LogP contribution < -0.4 is 5.32 Å². The molecule has 1 aromatic heterocycles. The summed E-state index contributed by atoms with van der Waals surface area (Å²) in [6.45, 7) is 1.68. The highest BCUT2D eigenvalue weighted by Crippen LogP contribution is 2.17. The van der Waals surface area contributed by atoms with Crippen molar-refractivity contribution in [1.82, 2.24) is 25.0 Å². The lowest BCUT2D eigenvalue weighted by atomic mass is 10.2. The number of carbonyl (C=O) groups is 2. The molecular formula is C21H21N5O2. The van der Waals surface area contributed by atoms with Gasteiger partial charge in [0.1, 0.15) is 5.82 Å². The van der Waals surface area contributed by atoms with Crippen LogP contribution >= 0.6 is 0 Å². The van der Waals surface area contributed by atoms with Crippen molar-refractivity contribution in [3.63, 3.8) is 0 Å². The van der Waals surface area contributed by atoms with E-state index < -0.39 is 0 Å². The highest BCUT2D eigenvalue weighted by molar-refractivity contribution is 5.96. The number of nitrogens with zero attached hydrogens (tertiary/aromatic N) is 4. The molecule has 1 aliphatic rings. The van der Waals surface area contributed by atoms with E-state index in [1.807, 2.05) is 41.1 Å². The van der Waals surface area contributed by atoms with Crippen molar-refractivity contribution in [1.29, 1.82) is 0 Å². The molecule has 28 heavy (non-hydrogen) atoms. The average molecular weight is 375 g/mol. The van der Waals surface area contributed by atoms with Gasteiger partial charge in [0, 0.05) is 30.6 Å². The molecule has 142 valence electrons.